The Labute approximate surface area is 126 Å². The van der Waals surface area contributed by atoms with E-state index >= 15 is 0 Å². The van der Waals surface area contributed by atoms with E-state index in [9.17, 15) is 4.39 Å². The number of rotatable bonds is 4. The second-order valence-electron chi connectivity index (χ2n) is 4.69. The molecule has 0 atom stereocenters. The van der Waals surface area contributed by atoms with Crippen molar-refractivity contribution < 1.29 is 4.39 Å². The average Bonchev–Trinajstić information content (AvgIpc) is 2.43. The molecule has 1 heterocycles. The van der Waals surface area contributed by atoms with Gasteiger partial charge in [-0.15, -0.1) is 0 Å². The first kappa shape index (κ1) is 14.9. The average molecular weight is 338 g/mol. The summed E-state index contributed by atoms with van der Waals surface area (Å²) in [4.78, 5) is 8.54. The molecule has 0 aliphatic carbocycles. The maximum Gasteiger partial charge on any atom is 0.186 e. The largest absolute Gasteiger partial charge is 0.368 e. The van der Waals surface area contributed by atoms with Crippen LogP contribution in [0.4, 0.5) is 10.2 Å². The van der Waals surface area contributed by atoms with Crippen LogP contribution >= 0.6 is 15.9 Å². The van der Waals surface area contributed by atoms with Crippen molar-refractivity contribution in [3.63, 3.8) is 0 Å². The molecule has 0 aliphatic rings. The summed E-state index contributed by atoms with van der Waals surface area (Å²) in [5.74, 6) is 0.434. The molecule has 1 aromatic carbocycles. The van der Waals surface area contributed by atoms with Crippen molar-refractivity contribution in [3.05, 3.63) is 39.7 Å². The van der Waals surface area contributed by atoms with E-state index in [0.717, 1.165) is 22.0 Å². The highest BCUT2D eigenvalue weighted by molar-refractivity contribution is 9.10. The number of aromatic nitrogens is 2. The molecule has 1 N–H and O–H groups in total. The molecule has 5 heteroatoms. The van der Waals surface area contributed by atoms with E-state index in [-0.39, 0.29) is 11.6 Å². The summed E-state index contributed by atoms with van der Waals surface area (Å²) in [5.41, 5.74) is 2.33. The predicted octanol–water partition coefficient (Wildman–Crippen LogP) is 4.48. The fraction of sp³-hybridized carbons (Fsp3) is 0.333. The maximum absolute atomic E-state index is 14.0. The number of anilines is 1. The topological polar surface area (TPSA) is 37.8 Å². The number of benzene rings is 1. The lowest BCUT2D eigenvalue weighted by Gasteiger charge is -2.10. The normalized spacial score (nSPS) is 10.7. The van der Waals surface area contributed by atoms with Gasteiger partial charge >= 0.3 is 0 Å². The third-order valence-corrected chi connectivity index (χ3v) is 3.87. The molecular weight excluding hydrogens is 321 g/mol. The van der Waals surface area contributed by atoms with Crippen LogP contribution in [0.3, 0.4) is 0 Å². The van der Waals surface area contributed by atoms with Crippen LogP contribution in [0, 0.1) is 19.7 Å². The van der Waals surface area contributed by atoms with Gasteiger partial charge in [0.15, 0.2) is 17.5 Å². The van der Waals surface area contributed by atoms with E-state index in [4.69, 9.17) is 0 Å². The van der Waals surface area contributed by atoms with Crippen LogP contribution in [0.2, 0.25) is 0 Å². The number of hydrogen-bond acceptors (Lipinski definition) is 3. The number of aryl methyl sites for hydroxylation is 2. The van der Waals surface area contributed by atoms with Gasteiger partial charge in [-0.1, -0.05) is 28.9 Å². The number of halogens is 2. The van der Waals surface area contributed by atoms with Gasteiger partial charge in [-0.25, -0.2) is 14.4 Å². The molecule has 1 aromatic heterocycles. The number of hydrogen-bond donors (Lipinski definition) is 1. The molecule has 0 saturated carbocycles. The summed E-state index contributed by atoms with van der Waals surface area (Å²) in [6.45, 7) is 6.37. The van der Waals surface area contributed by atoms with Gasteiger partial charge < -0.3 is 5.32 Å². The molecule has 0 unspecified atom stereocenters. The van der Waals surface area contributed by atoms with E-state index in [1.165, 1.54) is 0 Å². The predicted molar refractivity (Wildman–Crippen MR) is 83.4 cm³/mol. The zero-order valence-corrected chi connectivity index (χ0v) is 13.4. The zero-order chi connectivity index (χ0) is 14.7. The second-order valence-corrected chi connectivity index (χ2v) is 5.54. The molecule has 0 fully saturated rings. The van der Waals surface area contributed by atoms with E-state index in [1.807, 2.05) is 32.0 Å². The van der Waals surface area contributed by atoms with Crippen molar-refractivity contribution in [2.45, 2.75) is 27.2 Å². The minimum Gasteiger partial charge on any atom is -0.368 e. The molecule has 0 aliphatic heterocycles. The minimum absolute atomic E-state index is 0.273. The summed E-state index contributed by atoms with van der Waals surface area (Å²) in [7, 11) is 0. The van der Waals surface area contributed by atoms with Crippen molar-refractivity contribution in [3.8, 4) is 11.4 Å². The van der Waals surface area contributed by atoms with Gasteiger partial charge in [0, 0.05) is 16.6 Å². The molecule has 0 bridgehead atoms. The van der Waals surface area contributed by atoms with Gasteiger partial charge in [0.25, 0.3) is 0 Å². The monoisotopic (exact) mass is 337 g/mol. The molecule has 20 heavy (non-hydrogen) atoms. The van der Waals surface area contributed by atoms with Crippen LogP contribution in [-0.2, 0) is 0 Å². The van der Waals surface area contributed by atoms with E-state index in [1.54, 1.807) is 6.92 Å². The first-order valence-electron chi connectivity index (χ1n) is 6.57. The molecule has 0 spiro atoms. The Morgan fingerprint density at radius 3 is 2.65 bits per heavy atom. The van der Waals surface area contributed by atoms with E-state index in [0.29, 0.717) is 18.1 Å². The second kappa shape index (κ2) is 6.31. The highest BCUT2D eigenvalue weighted by Gasteiger charge is 2.12. The lowest BCUT2D eigenvalue weighted by molar-refractivity contribution is 0.605. The van der Waals surface area contributed by atoms with Crippen LogP contribution in [0.25, 0.3) is 11.4 Å². The fourth-order valence-electron chi connectivity index (χ4n) is 1.83. The van der Waals surface area contributed by atoms with Crippen molar-refractivity contribution in [2.75, 3.05) is 11.9 Å². The standard InChI is InChI=1S/C15H17BrFN3/c1-4-7-18-15-13(17)10(3)19-14(20-15)11-5-6-12(16)9(2)8-11/h5-6,8H,4,7H2,1-3H3,(H,18,19,20). The first-order valence-corrected chi connectivity index (χ1v) is 7.36. The van der Waals surface area contributed by atoms with E-state index in [2.05, 4.69) is 31.2 Å². The van der Waals surface area contributed by atoms with Gasteiger partial charge in [0.1, 0.15) is 0 Å². The zero-order valence-electron chi connectivity index (χ0n) is 11.8. The molecule has 2 aromatic rings. The number of nitrogens with one attached hydrogen (secondary N) is 1. The van der Waals surface area contributed by atoms with Gasteiger partial charge in [-0.3, -0.25) is 0 Å². The molecule has 0 radical (unpaired) electrons. The first-order chi connectivity index (χ1) is 9.52. The lowest BCUT2D eigenvalue weighted by Crippen LogP contribution is -2.08. The summed E-state index contributed by atoms with van der Waals surface area (Å²) in [6, 6.07) is 5.86. The summed E-state index contributed by atoms with van der Waals surface area (Å²) >= 11 is 3.46. The summed E-state index contributed by atoms with van der Waals surface area (Å²) in [6.07, 6.45) is 0.912. The number of nitrogens with zero attached hydrogens (tertiary/aromatic N) is 2. The highest BCUT2D eigenvalue weighted by Crippen LogP contribution is 2.25. The van der Waals surface area contributed by atoms with Gasteiger partial charge in [0.2, 0.25) is 0 Å². The Hall–Kier alpha value is -1.49. The Morgan fingerprint density at radius 2 is 2.00 bits per heavy atom. The Bertz CT molecular complexity index is 629. The summed E-state index contributed by atoms with van der Waals surface area (Å²) < 4.78 is 15.0. The van der Waals surface area contributed by atoms with Crippen molar-refractivity contribution in [1.29, 1.82) is 0 Å². The maximum atomic E-state index is 14.0. The van der Waals surface area contributed by atoms with Crippen molar-refractivity contribution in [2.24, 2.45) is 0 Å². The lowest BCUT2D eigenvalue weighted by atomic mass is 10.1. The smallest absolute Gasteiger partial charge is 0.186 e. The van der Waals surface area contributed by atoms with Crippen LogP contribution in [0.15, 0.2) is 22.7 Å². The SMILES string of the molecule is CCCNc1nc(-c2ccc(Br)c(C)c2)nc(C)c1F. The Kier molecular flexibility index (Phi) is 4.70. The third kappa shape index (κ3) is 3.15. The molecule has 106 valence electrons. The van der Waals surface area contributed by atoms with Crippen LogP contribution < -0.4 is 5.32 Å². The van der Waals surface area contributed by atoms with Crippen molar-refractivity contribution >= 4 is 21.7 Å². The molecule has 2 rings (SSSR count). The quantitative estimate of drug-likeness (QED) is 0.893. The third-order valence-electron chi connectivity index (χ3n) is 2.98. The summed E-state index contributed by atoms with van der Waals surface area (Å²) in [5, 5.41) is 3.00. The van der Waals surface area contributed by atoms with Gasteiger partial charge in [-0.2, -0.15) is 0 Å². The van der Waals surface area contributed by atoms with Crippen LogP contribution in [0.1, 0.15) is 24.6 Å². The fourth-order valence-corrected chi connectivity index (χ4v) is 2.08. The van der Waals surface area contributed by atoms with Crippen LogP contribution in [-0.4, -0.2) is 16.5 Å². The highest BCUT2D eigenvalue weighted by atomic mass is 79.9. The van der Waals surface area contributed by atoms with E-state index < -0.39 is 0 Å². The van der Waals surface area contributed by atoms with Gasteiger partial charge in [0.05, 0.1) is 5.69 Å². The molecule has 0 saturated heterocycles. The Balaban J connectivity index is 2.45. The molecule has 3 nitrogen and oxygen atoms in total. The molecule has 0 amide bonds. The van der Waals surface area contributed by atoms with Gasteiger partial charge in [-0.05, 0) is 38.0 Å². The minimum atomic E-state index is -0.379. The van der Waals surface area contributed by atoms with Crippen molar-refractivity contribution in [1.82, 2.24) is 9.97 Å². The Morgan fingerprint density at radius 1 is 1.25 bits per heavy atom. The molecular formula is C15H17BrFN3. The van der Waals surface area contributed by atoms with Crippen LogP contribution in [0.5, 0.6) is 0 Å².